The summed E-state index contributed by atoms with van der Waals surface area (Å²) >= 11 is 6.41. The van der Waals surface area contributed by atoms with Gasteiger partial charge in [0.2, 0.25) is 0 Å². The van der Waals surface area contributed by atoms with Gasteiger partial charge in [-0.05, 0) is 30.9 Å². The third-order valence-corrected chi connectivity index (χ3v) is 6.94. The molecular formula is C21H22ClF3N4O4. The van der Waals surface area contributed by atoms with Crippen LogP contribution in [0.5, 0.6) is 0 Å². The molecule has 0 saturated carbocycles. The van der Waals surface area contributed by atoms with Crippen molar-refractivity contribution in [2.24, 2.45) is 0 Å². The highest BCUT2D eigenvalue weighted by molar-refractivity contribution is 6.33. The minimum Gasteiger partial charge on any atom is -0.448 e. The highest BCUT2D eigenvalue weighted by Gasteiger charge is 2.38. The molecule has 8 nitrogen and oxygen atoms in total. The average molecular weight is 487 g/mol. The van der Waals surface area contributed by atoms with Gasteiger partial charge in [0.1, 0.15) is 11.8 Å². The number of amides is 2. The number of imidazole rings is 1. The zero-order valence-corrected chi connectivity index (χ0v) is 18.4. The maximum atomic E-state index is 13.8. The van der Waals surface area contributed by atoms with E-state index < -0.39 is 23.3 Å². The van der Waals surface area contributed by atoms with Gasteiger partial charge in [-0.3, -0.25) is 9.20 Å². The molecule has 0 aliphatic carbocycles. The Labute approximate surface area is 192 Å². The lowest BCUT2D eigenvalue weighted by Gasteiger charge is -2.35. The number of ether oxygens (including phenoxy) is 2. The van der Waals surface area contributed by atoms with Gasteiger partial charge in [-0.2, -0.15) is 13.2 Å². The van der Waals surface area contributed by atoms with Crippen LogP contribution in [0.25, 0.3) is 5.65 Å². The fourth-order valence-corrected chi connectivity index (χ4v) is 5.02. The largest absolute Gasteiger partial charge is 0.448 e. The van der Waals surface area contributed by atoms with Crippen molar-refractivity contribution in [3.05, 3.63) is 34.2 Å². The quantitative estimate of drug-likeness (QED) is 0.663. The lowest BCUT2D eigenvalue weighted by atomic mass is 9.99. The highest BCUT2D eigenvalue weighted by Crippen LogP contribution is 2.37. The topological polar surface area (TPSA) is 76.4 Å². The summed E-state index contributed by atoms with van der Waals surface area (Å²) in [5.74, 6) is -0.700. The van der Waals surface area contributed by atoms with Crippen LogP contribution in [0.15, 0.2) is 12.3 Å². The molecule has 5 rings (SSSR count). The Hall–Kier alpha value is -2.53. The van der Waals surface area contributed by atoms with Crippen molar-refractivity contribution in [2.45, 2.75) is 37.4 Å². The van der Waals surface area contributed by atoms with E-state index in [4.69, 9.17) is 21.1 Å². The Morgan fingerprint density at radius 2 is 1.91 bits per heavy atom. The van der Waals surface area contributed by atoms with Crippen LogP contribution in [0, 0.1) is 0 Å². The van der Waals surface area contributed by atoms with Crippen LogP contribution in [0.4, 0.5) is 18.0 Å². The van der Waals surface area contributed by atoms with Gasteiger partial charge in [0.15, 0.2) is 11.3 Å². The van der Waals surface area contributed by atoms with Crippen LogP contribution in [0.1, 0.15) is 46.8 Å². The normalized spacial score (nSPS) is 22.4. The summed E-state index contributed by atoms with van der Waals surface area (Å²) in [6.45, 7) is 2.37. The fraction of sp³-hybridized carbons (Fsp3) is 0.571. The number of hydrogen-bond acceptors (Lipinski definition) is 5. The standard InChI is InChI=1S/C21H22ClF3N4O4/c22-17-16(19(30)27-4-1-14(2-5-27)28-6-8-33-20(28)31)26-18-15(21(23,24)25)9-13(10-29(17)18)12-3-7-32-11-12/h9-10,12,14H,1-8,11H2. The molecule has 0 aromatic carbocycles. The molecular weight excluding hydrogens is 465 g/mol. The Morgan fingerprint density at radius 1 is 1.15 bits per heavy atom. The van der Waals surface area contributed by atoms with Crippen LogP contribution in [0.3, 0.4) is 0 Å². The number of piperidine rings is 1. The Bertz CT molecular complexity index is 1090. The highest BCUT2D eigenvalue weighted by atomic mass is 35.5. The van der Waals surface area contributed by atoms with E-state index >= 15 is 0 Å². The molecule has 1 unspecified atom stereocenters. The van der Waals surface area contributed by atoms with Gasteiger partial charge >= 0.3 is 12.3 Å². The molecule has 33 heavy (non-hydrogen) atoms. The first-order valence-corrected chi connectivity index (χ1v) is 11.2. The lowest BCUT2D eigenvalue weighted by molar-refractivity contribution is -0.136. The van der Waals surface area contributed by atoms with Crippen molar-refractivity contribution in [3.8, 4) is 0 Å². The molecule has 2 aromatic heterocycles. The first kappa shape index (κ1) is 22.3. The number of pyridine rings is 1. The van der Waals surface area contributed by atoms with Crippen molar-refractivity contribution < 1.29 is 32.2 Å². The maximum absolute atomic E-state index is 13.8. The lowest BCUT2D eigenvalue weighted by Crippen LogP contribution is -2.47. The van der Waals surface area contributed by atoms with Crippen LogP contribution >= 0.6 is 11.6 Å². The zero-order chi connectivity index (χ0) is 23.3. The van der Waals surface area contributed by atoms with Crippen molar-refractivity contribution in [2.75, 3.05) is 39.5 Å². The summed E-state index contributed by atoms with van der Waals surface area (Å²) < 4.78 is 53.0. The third-order valence-electron chi connectivity index (χ3n) is 6.58. The molecule has 0 radical (unpaired) electrons. The van der Waals surface area contributed by atoms with Crippen molar-refractivity contribution in [3.63, 3.8) is 0 Å². The molecule has 0 bridgehead atoms. The number of carbonyl (C=O) groups excluding carboxylic acids is 2. The van der Waals surface area contributed by atoms with Gasteiger partial charge in [0.05, 0.1) is 18.7 Å². The molecule has 3 aliphatic rings. The number of nitrogens with zero attached hydrogens (tertiary/aromatic N) is 4. The van der Waals surface area contributed by atoms with E-state index in [-0.39, 0.29) is 28.9 Å². The van der Waals surface area contributed by atoms with Crippen LogP contribution in [0.2, 0.25) is 5.15 Å². The van der Waals surface area contributed by atoms with Crippen LogP contribution in [-0.4, -0.2) is 76.7 Å². The first-order valence-electron chi connectivity index (χ1n) is 10.8. The number of alkyl halides is 3. The number of hydrogen-bond donors (Lipinski definition) is 0. The number of aromatic nitrogens is 2. The van der Waals surface area contributed by atoms with E-state index in [1.165, 1.54) is 11.1 Å². The minimum absolute atomic E-state index is 0.0337. The molecule has 0 N–H and O–H groups in total. The number of rotatable bonds is 3. The van der Waals surface area contributed by atoms with Crippen molar-refractivity contribution >= 4 is 29.2 Å². The number of fused-ring (bicyclic) bond motifs is 1. The van der Waals surface area contributed by atoms with E-state index in [9.17, 15) is 22.8 Å². The molecule has 5 heterocycles. The number of carbonyl (C=O) groups is 2. The van der Waals surface area contributed by atoms with E-state index in [1.54, 1.807) is 4.90 Å². The smallest absolute Gasteiger partial charge is 0.419 e. The second-order valence-electron chi connectivity index (χ2n) is 8.52. The third kappa shape index (κ3) is 4.01. The van der Waals surface area contributed by atoms with Crippen molar-refractivity contribution in [1.29, 1.82) is 0 Å². The summed E-state index contributed by atoms with van der Waals surface area (Å²) in [6.07, 6.45) is -1.79. The van der Waals surface area contributed by atoms with E-state index in [2.05, 4.69) is 4.98 Å². The summed E-state index contributed by atoms with van der Waals surface area (Å²) in [4.78, 5) is 32.1. The zero-order valence-electron chi connectivity index (χ0n) is 17.6. The van der Waals surface area contributed by atoms with Crippen LogP contribution < -0.4 is 0 Å². The van der Waals surface area contributed by atoms with Gasteiger partial charge in [-0.25, -0.2) is 9.78 Å². The Balaban J connectivity index is 1.43. The minimum atomic E-state index is -4.66. The van der Waals surface area contributed by atoms with Gasteiger partial charge in [-0.15, -0.1) is 0 Å². The monoisotopic (exact) mass is 486 g/mol. The van der Waals surface area contributed by atoms with Gasteiger partial charge in [0, 0.05) is 37.9 Å². The van der Waals surface area contributed by atoms with Gasteiger partial charge in [0.25, 0.3) is 5.91 Å². The molecule has 3 saturated heterocycles. The summed E-state index contributed by atoms with van der Waals surface area (Å²) in [5.41, 5.74) is -1.09. The number of halogens is 4. The van der Waals surface area contributed by atoms with E-state index in [1.807, 2.05) is 0 Å². The Kier molecular flexibility index (Phi) is 5.64. The van der Waals surface area contributed by atoms with Gasteiger partial charge in [-0.1, -0.05) is 11.6 Å². The predicted molar refractivity (Wildman–Crippen MR) is 110 cm³/mol. The molecule has 1 atom stereocenters. The number of likely N-dealkylation sites (tertiary alicyclic amines) is 1. The second kappa shape index (κ2) is 8.35. The number of cyclic esters (lactones) is 1. The van der Waals surface area contributed by atoms with E-state index in [0.29, 0.717) is 64.3 Å². The SMILES string of the molecule is O=C(c1nc2c(C(F)(F)F)cc(C3CCOC3)cn2c1Cl)N1CCC(N2CCOC2=O)CC1. The van der Waals surface area contributed by atoms with Crippen molar-refractivity contribution in [1.82, 2.24) is 19.2 Å². The summed E-state index contributed by atoms with van der Waals surface area (Å²) in [5, 5.41) is -0.147. The molecule has 178 valence electrons. The molecule has 2 amide bonds. The van der Waals surface area contributed by atoms with Crippen LogP contribution in [-0.2, 0) is 15.7 Å². The predicted octanol–water partition coefficient (Wildman–Crippen LogP) is 3.57. The van der Waals surface area contributed by atoms with E-state index in [0.717, 1.165) is 10.5 Å². The summed E-state index contributed by atoms with van der Waals surface area (Å²) in [6, 6.07) is 1.04. The fourth-order valence-electron chi connectivity index (χ4n) is 4.77. The molecule has 12 heteroatoms. The molecule has 0 spiro atoms. The molecule has 3 fully saturated rings. The summed E-state index contributed by atoms with van der Waals surface area (Å²) in [7, 11) is 0. The maximum Gasteiger partial charge on any atom is 0.419 e. The molecule has 3 aliphatic heterocycles. The first-order chi connectivity index (χ1) is 15.7. The van der Waals surface area contributed by atoms with Gasteiger partial charge < -0.3 is 19.3 Å². The molecule has 2 aromatic rings. The average Bonchev–Trinajstić information content (AvgIpc) is 3.53. The second-order valence-corrected chi connectivity index (χ2v) is 8.88. The Morgan fingerprint density at radius 3 is 2.52 bits per heavy atom.